The number of nitrogens with zero attached hydrogens (tertiary/aromatic N) is 2. The van der Waals surface area contributed by atoms with Crippen molar-refractivity contribution in [3.8, 4) is 16.3 Å². The van der Waals surface area contributed by atoms with Crippen LogP contribution < -0.4 is 4.74 Å². The van der Waals surface area contributed by atoms with Gasteiger partial charge in [-0.1, -0.05) is 32.6 Å². The minimum absolute atomic E-state index is 0.643. The molecule has 0 amide bonds. The van der Waals surface area contributed by atoms with Crippen LogP contribution in [0, 0.1) is 0 Å². The molecule has 0 fully saturated rings. The predicted octanol–water partition coefficient (Wildman–Crippen LogP) is 5.32. The lowest BCUT2D eigenvalue weighted by atomic mass is 10.2. The zero-order chi connectivity index (χ0) is 14.2. The van der Waals surface area contributed by atoms with Crippen molar-refractivity contribution in [3.05, 3.63) is 29.0 Å². The Bertz CT molecular complexity index is 513. The van der Waals surface area contributed by atoms with Gasteiger partial charge >= 0.3 is 0 Å². The highest BCUT2D eigenvalue weighted by Crippen LogP contribution is 2.25. The molecule has 0 saturated heterocycles. The van der Waals surface area contributed by atoms with Gasteiger partial charge in [-0.3, -0.25) is 0 Å². The van der Waals surface area contributed by atoms with Gasteiger partial charge in [0, 0.05) is 5.56 Å². The molecule has 0 aliphatic rings. The zero-order valence-corrected chi connectivity index (χ0v) is 14.0. The van der Waals surface area contributed by atoms with Crippen molar-refractivity contribution in [2.75, 3.05) is 6.61 Å². The minimum Gasteiger partial charge on any atom is -0.494 e. The van der Waals surface area contributed by atoms with Gasteiger partial charge in [0.2, 0.25) is 4.73 Å². The first kappa shape index (κ1) is 15.4. The van der Waals surface area contributed by atoms with Crippen LogP contribution in [-0.2, 0) is 0 Å². The van der Waals surface area contributed by atoms with Crippen molar-refractivity contribution in [2.24, 2.45) is 0 Å². The van der Waals surface area contributed by atoms with Crippen molar-refractivity contribution < 1.29 is 4.74 Å². The van der Waals surface area contributed by atoms with Gasteiger partial charge in [0.05, 0.1) is 6.61 Å². The van der Waals surface area contributed by atoms with E-state index >= 15 is 0 Å². The van der Waals surface area contributed by atoms with Crippen LogP contribution in [0.4, 0.5) is 0 Å². The number of rotatable bonds is 8. The molecule has 2 rings (SSSR count). The zero-order valence-electron chi connectivity index (χ0n) is 11.6. The Morgan fingerprint density at radius 3 is 2.50 bits per heavy atom. The van der Waals surface area contributed by atoms with Gasteiger partial charge in [-0.25, -0.2) is 4.98 Å². The number of halogens is 1. The molecule has 0 bridgehead atoms. The molecule has 1 aromatic heterocycles. The van der Waals surface area contributed by atoms with Gasteiger partial charge in [-0.05, 0) is 58.1 Å². The smallest absolute Gasteiger partial charge is 0.209 e. The molecule has 3 nitrogen and oxygen atoms in total. The van der Waals surface area contributed by atoms with Crippen LogP contribution in [-0.4, -0.2) is 16.0 Å². The van der Waals surface area contributed by atoms with E-state index in [9.17, 15) is 0 Å². The number of benzene rings is 1. The molecular formula is C15H19BrN2OS. The maximum absolute atomic E-state index is 5.74. The van der Waals surface area contributed by atoms with Crippen LogP contribution in [0.1, 0.15) is 39.0 Å². The maximum Gasteiger partial charge on any atom is 0.209 e. The first-order valence-corrected chi connectivity index (χ1v) is 8.58. The van der Waals surface area contributed by atoms with E-state index in [-0.39, 0.29) is 0 Å². The highest BCUT2D eigenvalue weighted by molar-refractivity contribution is 9.10. The maximum atomic E-state index is 5.74. The van der Waals surface area contributed by atoms with E-state index in [0.29, 0.717) is 4.73 Å². The second-order valence-corrected chi connectivity index (χ2v) is 6.12. The van der Waals surface area contributed by atoms with E-state index < -0.39 is 0 Å². The summed E-state index contributed by atoms with van der Waals surface area (Å²) < 4.78 is 10.5. The summed E-state index contributed by atoms with van der Waals surface area (Å²) >= 11 is 4.66. The lowest BCUT2D eigenvalue weighted by molar-refractivity contribution is 0.304. The molecule has 5 heteroatoms. The second kappa shape index (κ2) is 8.37. The molecule has 1 aromatic carbocycles. The van der Waals surface area contributed by atoms with Crippen molar-refractivity contribution in [2.45, 2.75) is 39.0 Å². The highest BCUT2D eigenvalue weighted by atomic mass is 79.9. The SMILES string of the molecule is CCCCCCCOc1ccc(-c2nc(Br)ns2)cc1. The molecule has 0 radical (unpaired) electrons. The van der Waals surface area contributed by atoms with E-state index in [1.54, 1.807) is 0 Å². The molecule has 0 aliphatic carbocycles. The molecule has 0 spiro atoms. The minimum atomic E-state index is 0.643. The van der Waals surface area contributed by atoms with Gasteiger partial charge in [-0.2, -0.15) is 4.37 Å². The van der Waals surface area contributed by atoms with Gasteiger partial charge < -0.3 is 4.74 Å². The summed E-state index contributed by atoms with van der Waals surface area (Å²) in [6, 6.07) is 8.05. The fourth-order valence-corrected chi connectivity index (χ4v) is 3.00. The Morgan fingerprint density at radius 1 is 1.10 bits per heavy atom. The molecule has 108 valence electrons. The molecule has 2 aromatic rings. The van der Waals surface area contributed by atoms with Crippen LogP contribution in [0.25, 0.3) is 10.6 Å². The average Bonchev–Trinajstić information content (AvgIpc) is 2.90. The average molecular weight is 355 g/mol. The third-order valence-electron chi connectivity index (χ3n) is 3.02. The van der Waals surface area contributed by atoms with Crippen LogP contribution >= 0.6 is 27.5 Å². The Balaban J connectivity index is 1.77. The Hall–Kier alpha value is -0.940. The third kappa shape index (κ3) is 4.87. The van der Waals surface area contributed by atoms with Crippen LogP contribution in [0.5, 0.6) is 5.75 Å². The fourth-order valence-electron chi connectivity index (χ4n) is 1.91. The van der Waals surface area contributed by atoms with Crippen molar-refractivity contribution in [1.82, 2.24) is 9.36 Å². The van der Waals surface area contributed by atoms with Crippen LogP contribution in [0.15, 0.2) is 29.0 Å². The highest BCUT2D eigenvalue weighted by Gasteiger charge is 2.04. The number of unbranched alkanes of at least 4 members (excludes halogenated alkanes) is 4. The Kier molecular flexibility index (Phi) is 6.47. The lowest BCUT2D eigenvalue weighted by Crippen LogP contribution is -1.97. The second-order valence-electron chi connectivity index (χ2n) is 4.66. The van der Waals surface area contributed by atoms with Crippen molar-refractivity contribution >= 4 is 27.5 Å². The number of hydrogen-bond acceptors (Lipinski definition) is 4. The van der Waals surface area contributed by atoms with Crippen molar-refractivity contribution in [1.29, 1.82) is 0 Å². The quantitative estimate of drug-likeness (QED) is 0.602. The Labute approximate surface area is 132 Å². The molecule has 0 N–H and O–H groups in total. The van der Waals surface area contributed by atoms with Gasteiger partial charge in [0.25, 0.3) is 0 Å². The van der Waals surface area contributed by atoms with Crippen LogP contribution in [0.3, 0.4) is 0 Å². The third-order valence-corrected chi connectivity index (χ3v) is 4.37. The predicted molar refractivity (Wildman–Crippen MR) is 87.3 cm³/mol. The van der Waals surface area contributed by atoms with E-state index in [1.807, 2.05) is 24.3 Å². The fraction of sp³-hybridized carbons (Fsp3) is 0.467. The van der Waals surface area contributed by atoms with E-state index in [4.69, 9.17) is 4.74 Å². The summed E-state index contributed by atoms with van der Waals surface area (Å²) in [7, 11) is 0. The summed E-state index contributed by atoms with van der Waals surface area (Å²) in [4.78, 5) is 4.30. The number of hydrogen-bond donors (Lipinski definition) is 0. The summed E-state index contributed by atoms with van der Waals surface area (Å²) in [5.41, 5.74) is 1.07. The van der Waals surface area contributed by atoms with Gasteiger partial charge in [0.15, 0.2) is 0 Å². The molecule has 1 heterocycles. The van der Waals surface area contributed by atoms with Gasteiger partial charge in [0.1, 0.15) is 10.8 Å². The number of ether oxygens (including phenoxy) is 1. The first-order chi connectivity index (χ1) is 9.79. The molecule has 0 aliphatic heterocycles. The molecule has 0 atom stereocenters. The topological polar surface area (TPSA) is 35.0 Å². The molecule has 0 saturated carbocycles. The largest absolute Gasteiger partial charge is 0.494 e. The summed E-state index contributed by atoms with van der Waals surface area (Å²) in [6.07, 6.45) is 6.30. The van der Waals surface area contributed by atoms with E-state index in [0.717, 1.165) is 29.3 Å². The van der Waals surface area contributed by atoms with Crippen LogP contribution in [0.2, 0.25) is 0 Å². The van der Waals surface area contributed by atoms with E-state index in [2.05, 4.69) is 32.2 Å². The summed E-state index contributed by atoms with van der Waals surface area (Å²) in [5.74, 6) is 0.924. The van der Waals surface area contributed by atoms with Crippen molar-refractivity contribution in [3.63, 3.8) is 0 Å². The lowest BCUT2D eigenvalue weighted by Gasteiger charge is -2.06. The van der Waals surface area contributed by atoms with E-state index in [1.165, 1.54) is 37.2 Å². The molecular weight excluding hydrogens is 336 g/mol. The summed E-state index contributed by atoms with van der Waals surface area (Å²) in [6.45, 7) is 3.03. The summed E-state index contributed by atoms with van der Waals surface area (Å²) in [5, 5.41) is 0.919. The molecule has 20 heavy (non-hydrogen) atoms. The van der Waals surface area contributed by atoms with Gasteiger partial charge in [-0.15, -0.1) is 0 Å². The monoisotopic (exact) mass is 354 g/mol. The Morgan fingerprint density at radius 2 is 1.85 bits per heavy atom. The first-order valence-electron chi connectivity index (χ1n) is 7.02. The normalized spacial score (nSPS) is 10.7. The molecule has 0 unspecified atom stereocenters. The standard InChI is InChI=1S/C15H19BrN2OS/c1-2-3-4-5-6-11-19-13-9-7-12(8-10-13)14-17-15(16)18-20-14/h7-10H,2-6,11H2,1H3. The number of aromatic nitrogens is 2.